The van der Waals surface area contributed by atoms with E-state index in [1.54, 1.807) is 36.4 Å². The first-order chi connectivity index (χ1) is 12.2. The van der Waals surface area contributed by atoms with Crippen LogP contribution < -0.4 is 15.4 Å². The van der Waals surface area contributed by atoms with Gasteiger partial charge in [-0.15, -0.1) is 0 Å². The van der Waals surface area contributed by atoms with Gasteiger partial charge in [0.2, 0.25) is 0 Å². The Morgan fingerprint density at radius 1 is 1.20 bits per heavy atom. The van der Waals surface area contributed by atoms with Gasteiger partial charge in [0.1, 0.15) is 5.75 Å². The molecule has 1 aromatic heterocycles. The van der Waals surface area contributed by atoms with Gasteiger partial charge in [-0.1, -0.05) is 6.07 Å². The third-order valence-corrected chi connectivity index (χ3v) is 4.84. The molecule has 1 fully saturated rings. The van der Waals surface area contributed by atoms with Crippen LogP contribution in [0.4, 0.5) is 5.69 Å². The Morgan fingerprint density at radius 3 is 2.80 bits per heavy atom. The third-order valence-electron chi connectivity index (χ3n) is 3.79. The standard InChI is InChI=1S/C18H20N2O4S/c21-17(19-13-6-9-25-10-7-13)12-24-15-4-1-3-14(11-15)20-18(22)16-5-2-8-23-16/h1-5,8,11,13H,6-7,9-10,12H2,(H,19,21)(H,20,22). The van der Waals surface area contributed by atoms with Crippen molar-refractivity contribution in [2.24, 2.45) is 0 Å². The highest BCUT2D eigenvalue weighted by atomic mass is 32.2. The summed E-state index contributed by atoms with van der Waals surface area (Å²) in [6, 6.07) is 10.4. The Hall–Kier alpha value is -2.41. The van der Waals surface area contributed by atoms with E-state index in [1.165, 1.54) is 6.26 Å². The zero-order valence-corrected chi connectivity index (χ0v) is 14.5. The number of rotatable bonds is 6. The maximum absolute atomic E-state index is 12.0. The van der Waals surface area contributed by atoms with Gasteiger partial charge in [0.05, 0.1) is 6.26 Å². The SMILES string of the molecule is O=C(COc1cccc(NC(=O)c2ccco2)c1)NC1CCSCC1. The van der Waals surface area contributed by atoms with E-state index in [4.69, 9.17) is 9.15 Å². The Kier molecular flexibility index (Phi) is 6.00. The molecule has 0 spiro atoms. The van der Waals surface area contributed by atoms with Crippen molar-refractivity contribution in [2.75, 3.05) is 23.4 Å². The third kappa shape index (κ3) is 5.29. The van der Waals surface area contributed by atoms with E-state index in [9.17, 15) is 9.59 Å². The Balaban J connectivity index is 1.49. The van der Waals surface area contributed by atoms with Crippen molar-refractivity contribution in [3.05, 3.63) is 48.4 Å². The van der Waals surface area contributed by atoms with Crippen molar-refractivity contribution in [3.63, 3.8) is 0 Å². The van der Waals surface area contributed by atoms with Gasteiger partial charge in [-0.25, -0.2) is 0 Å². The summed E-state index contributed by atoms with van der Waals surface area (Å²) in [6.07, 6.45) is 3.45. The van der Waals surface area contributed by atoms with Gasteiger partial charge in [0.25, 0.3) is 11.8 Å². The quantitative estimate of drug-likeness (QED) is 0.828. The fraction of sp³-hybridized carbons (Fsp3) is 0.333. The van der Waals surface area contributed by atoms with Gasteiger partial charge >= 0.3 is 0 Å². The summed E-state index contributed by atoms with van der Waals surface area (Å²) in [5.41, 5.74) is 0.573. The van der Waals surface area contributed by atoms with Gasteiger partial charge in [0.15, 0.2) is 12.4 Å². The molecule has 0 radical (unpaired) electrons. The minimum atomic E-state index is -0.338. The van der Waals surface area contributed by atoms with Crippen LogP contribution >= 0.6 is 11.8 Å². The highest BCUT2D eigenvalue weighted by Gasteiger charge is 2.16. The van der Waals surface area contributed by atoms with E-state index in [0.717, 1.165) is 24.3 Å². The van der Waals surface area contributed by atoms with Crippen LogP contribution in [0.3, 0.4) is 0 Å². The first-order valence-corrected chi connectivity index (χ1v) is 9.31. The van der Waals surface area contributed by atoms with Crippen molar-refractivity contribution in [1.29, 1.82) is 0 Å². The second kappa shape index (κ2) is 8.62. The van der Waals surface area contributed by atoms with E-state index in [-0.39, 0.29) is 30.2 Å². The number of benzene rings is 1. The van der Waals surface area contributed by atoms with Crippen LogP contribution in [0.1, 0.15) is 23.4 Å². The largest absolute Gasteiger partial charge is 0.484 e. The zero-order chi connectivity index (χ0) is 17.5. The van der Waals surface area contributed by atoms with Crippen molar-refractivity contribution in [3.8, 4) is 5.75 Å². The van der Waals surface area contributed by atoms with Gasteiger partial charge in [-0.2, -0.15) is 11.8 Å². The van der Waals surface area contributed by atoms with Crippen LogP contribution in [0.2, 0.25) is 0 Å². The molecule has 0 bridgehead atoms. The minimum Gasteiger partial charge on any atom is -0.484 e. The summed E-state index contributed by atoms with van der Waals surface area (Å²) >= 11 is 1.92. The first-order valence-electron chi connectivity index (χ1n) is 8.15. The second-order valence-corrected chi connectivity index (χ2v) is 6.93. The molecule has 0 atom stereocenters. The van der Waals surface area contributed by atoms with Crippen molar-refractivity contribution >= 4 is 29.3 Å². The fourth-order valence-electron chi connectivity index (χ4n) is 2.52. The number of anilines is 1. The Labute approximate surface area is 150 Å². The molecule has 1 aliphatic rings. The normalized spacial score (nSPS) is 14.7. The molecule has 2 aromatic rings. The lowest BCUT2D eigenvalue weighted by Gasteiger charge is -2.22. The van der Waals surface area contributed by atoms with Crippen LogP contribution in [0.5, 0.6) is 5.75 Å². The summed E-state index contributed by atoms with van der Waals surface area (Å²) < 4.78 is 10.6. The number of carbonyl (C=O) groups is 2. The lowest BCUT2D eigenvalue weighted by Crippen LogP contribution is -2.39. The van der Waals surface area contributed by atoms with E-state index in [1.807, 2.05) is 11.8 Å². The molecule has 7 heteroatoms. The van der Waals surface area contributed by atoms with Crippen LogP contribution in [-0.2, 0) is 4.79 Å². The fourth-order valence-corrected chi connectivity index (χ4v) is 3.63. The molecule has 0 unspecified atom stereocenters. The van der Waals surface area contributed by atoms with Gasteiger partial charge in [0, 0.05) is 17.8 Å². The molecule has 0 aliphatic carbocycles. The maximum Gasteiger partial charge on any atom is 0.291 e. The molecule has 3 rings (SSSR count). The average Bonchev–Trinajstić information content (AvgIpc) is 3.16. The molecule has 0 saturated carbocycles. The van der Waals surface area contributed by atoms with Crippen LogP contribution in [0, 0.1) is 0 Å². The number of hydrogen-bond donors (Lipinski definition) is 2. The van der Waals surface area contributed by atoms with Crippen LogP contribution in [0.15, 0.2) is 47.1 Å². The summed E-state index contributed by atoms with van der Waals surface area (Å²) in [5.74, 6) is 2.46. The first kappa shape index (κ1) is 17.4. The van der Waals surface area contributed by atoms with E-state index < -0.39 is 0 Å². The minimum absolute atomic E-state index is 0.0424. The van der Waals surface area contributed by atoms with Crippen molar-refractivity contribution in [2.45, 2.75) is 18.9 Å². The number of nitrogens with one attached hydrogen (secondary N) is 2. The molecular formula is C18H20N2O4S. The molecule has 2 heterocycles. The van der Waals surface area contributed by atoms with E-state index in [2.05, 4.69) is 10.6 Å². The number of furan rings is 1. The van der Waals surface area contributed by atoms with Crippen molar-refractivity contribution < 1.29 is 18.7 Å². The van der Waals surface area contributed by atoms with Crippen molar-refractivity contribution in [1.82, 2.24) is 5.32 Å². The van der Waals surface area contributed by atoms with Gasteiger partial charge in [-0.05, 0) is 48.6 Å². The highest BCUT2D eigenvalue weighted by molar-refractivity contribution is 7.99. The molecule has 1 aliphatic heterocycles. The number of thioether (sulfide) groups is 1. The average molecular weight is 360 g/mol. The summed E-state index contributed by atoms with van der Waals surface area (Å²) in [5, 5.41) is 5.72. The lowest BCUT2D eigenvalue weighted by atomic mass is 10.1. The number of carbonyl (C=O) groups excluding carboxylic acids is 2. The lowest BCUT2D eigenvalue weighted by molar-refractivity contribution is -0.123. The Morgan fingerprint density at radius 2 is 2.04 bits per heavy atom. The maximum atomic E-state index is 12.0. The molecule has 132 valence electrons. The molecular weight excluding hydrogens is 340 g/mol. The van der Waals surface area contributed by atoms with Gasteiger partial charge < -0.3 is 19.8 Å². The van der Waals surface area contributed by atoms with Crippen LogP contribution in [0.25, 0.3) is 0 Å². The molecule has 1 saturated heterocycles. The predicted octanol–water partition coefficient (Wildman–Crippen LogP) is 2.92. The molecule has 2 amide bonds. The topological polar surface area (TPSA) is 80.6 Å². The number of amides is 2. The molecule has 6 nitrogen and oxygen atoms in total. The molecule has 1 aromatic carbocycles. The molecule has 25 heavy (non-hydrogen) atoms. The number of ether oxygens (including phenoxy) is 1. The molecule has 2 N–H and O–H groups in total. The van der Waals surface area contributed by atoms with E-state index in [0.29, 0.717) is 11.4 Å². The number of hydrogen-bond acceptors (Lipinski definition) is 5. The second-order valence-electron chi connectivity index (χ2n) is 5.70. The Bertz CT molecular complexity index is 712. The zero-order valence-electron chi connectivity index (χ0n) is 13.7. The summed E-state index contributed by atoms with van der Waals surface area (Å²) in [7, 11) is 0. The van der Waals surface area contributed by atoms with Crippen LogP contribution in [-0.4, -0.2) is 36.0 Å². The summed E-state index contributed by atoms with van der Waals surface area (Å²) in [6.45, 7) is -0.0424. The smallest absolute Gasteiger partial charge is 0.291 e. The summed E-state index contributed by atoms with van der Waals surface area (Å²) in [4.78, 5) is 23.9. The predicted molar refractivity (Wildman–Crippen MR) is 97.1 cm³/mol. The van der Waals surface area contributed by atoms with E-state index >= 15 is 0 Å². The van der Waals surface area contributed by atoms with Gasteiger partial charge in [-0.3, -0.25) is 9.59 Å². The highest BCUT2D eigenvalue weighted by Crippen LogP contribution is 2.19. The monoisotopic (exact) mass is 360 g/mol.